The van der Waals surface area contributed by atoms with Crippen LogP contribution in [0.4, 0.5) is 0 Å². The Morgan fingerprint density at radius 1 is 0.964 bits per heavy atom. The Bertz CT molecular complexity index is 1160. The summed E-state index contributed by atoms with van der Waals surface area (Å²) in [5, 5.41) is 6.02. The van der Waals surface area contributed by atoms with Crippen molar-refractivity contribution < 1.29 is 9.53 Å². The van der Waals surface area contributed by atoms with Gasteiger partial charge in [-0.3, -0.25) is 14.8 Å². The largest absolute Gasteiger partial charge is 0.479 e. The summed E-state index contributed by atoms with van der Waals surface area (Å²) < 4.78 is 5.80. The number of aromatic nitrogens is 2. The monoisotopic (exact) mass is 370 g/mol. The fourth-order valence-electron chi connectivity index (χ4n) is 2.90. The molecule has 6 heteroatoms. The number of amides is 1. The van der Waals surface area contributed by atoms with Crippen molar-refractivity contribution in [3.63, 3.8) is 0 Å². The average Bonchev–Trinajstić information content (AvgIpc) is 2.74. The zero-order chi connectivity index (χ0) is 19.3. The molecule has 4 rings (SSSR count). The van der Waals surface area contributed by atoms with E-state index in [2.05, 4.69) is 20.5 Å². The highest BCUT2D eigenvalue weighted by Crippen LogP contribution is 2.23. The van der Waals surface area contributed by atoms with Crippen LogP contribution < -0.4 is 10.2 Å². The SMILES string of the molecule is C[C@@H](Oc1cccc2cccnc12)C(=O)N/N=C\c1cccc2cccnc12. The quantitative estimate of drug-likeness (QED) is 0.429. The maximum Gasteiger partial charge on any atom is 0.280 e. The van der Waals surface area contributed by atoms with Gasteiger partial charge in [0.05, 0.1) is 11.7 Å². The van der Waals surface area contributed by atoms with Gasteiger partial charge >= 0.3 is 0 Å². The Hall–Kier alpha value is -3.80. The number of carbonyl (C=O) groups is 1. The van der Waals surface area contributed by atoms with Gasteiger partial charge in [-0.25, -0.2) is 5.43 Å². The van der Waals surface area contributed by atoms with Crippen LogP contribution in [0.2, 0.25) is 0 Å². The molecule has 0 bridgehead atoms. The smallest absolute Gasteiger partial charge is 0.280 e. The van der Waals surface area contributed by atoms with Crippen LogP contribution in [0.1, 0.15) is 12.5 Å². The molecule has 0 saturated carbocycles. The fourth-order valence-corrected chi connectivity index (χ4v) is 2.90. The van der Waals surface area contributed by atoms with Crippen molar-refractivity contribution in [2.45, 2.75) is 13.0 Å². The molecular weight excluding hydrogens is 352 g/mol. The highest BCUT2D eigenvalue weighted by molar-refractivity contribution is 5.97. The topological polar surface area (TPSA) is 76.5 Å². The molecule has 0 saturated heterocycles. The molecule has 0 spiro atoms. The zero-order valence-electron chi connectivity index (χ0n) is 15.2. The molecule has 0 aliphatic carbocycles. The number of hydrazone groups is 1. The number of ether oxygens (including phenoxy) is 1. The summed E-state index contributed by atoms with van der Waals surface area (Å²) in [6.45, 7) is 1.67. The summed E-state index contributed by atoms with van der Waals surface area (Å²) in [7, 11) is 0. The van der Waals surface area contributed by atoms with E-state index in [-0.39, 0.29) is 5.91 Å². The number of carbonyl (C=O) groups excluding carboxylic acids is 1. The van der Waals surface area contributed by atoms with Crippen LogP contribution in [0.15, 0.2) is 78.2 Å². The molecule has 0 aliphatic heterocycles. The van der Waals surface area contributed by atoms with Crippen molar-refractivity contribution in [3.8, 4) is 5.75 Å². The van der Waals surface area contributed by atoms with Gasteiger partial charge in [0.25, 0.3) is 5.91 Å². The minimum atomic E-state index is -0.726. The summed E-state index contributed by atoms with van der Waals surface area (Å²) in [5.74, 6) is 0.209. The maximum atomic E-state index is 12.4. The van der Waals surface area contributed by atoms with Gasteiger partial charge in [0.2, 0.25) is 0 Å². The summed E-state index contributed by atoms with van der Waals surface area (Å²) in [6, 6.07) is 19.1. The molecule has 0 aliphatic rings. The van der Waals surface area contributed by atoms with E-state index in [0.29, 0.717) is 5.75 Å². The van der Waals surface area contributed by atoms with Gasteiger partial charge in [0.15, 0.2) is 6.10 Å². The van der Waals surface area contributed by atoms with Crippen LogP contribution in [0.3, 0.4) is 0 Å². The number of pyridine rings is 2. The molecule has 1 atom stereocenters. The fraction of sp³-hybridized carbons (Fsp3) is 0.0909. The lowest BCUT2D eigenvalue weighted by molar-refractivity contribution is -0.127. The Balaban J connectivity index is 1.45. The first-order chi connectivity index (χ1) is 13.7. The number of rotatable bonds is 5. The van der Waals surface area contributed by atoms with Gasteiger partial charge in [-0.05, 0) is 25.1 Å². The van der Waals surface area contributed by atoms with Crippen LogP contribution >= 0.6 is 0 Å². The third kappa shape index (κ3) is 3.66. The van der Waals surface area contributed by atoms with E-state index in [1.54, 1.807) is 31.6 Å². The first-order valence-electron chi connectivity index (χ1n) is 8.89. The summed E-state index contributed by atoms with van der Waals surface area (Å²) >= 11 is 0. The molecule has 2 heterocycles. The second-order valence-corrected chi connectivity index (χ2v) is 6.25. The van der Waals surface area contributed by atoms with Crippen LogP contribution in [0.5, 0.6) is 5.75 Å². The molecule has 1 amide bonds. The lowest BCUT2D eigenvalue weighted by Crippen LogP contribution is -2.33. The van der Waals surface area contributed by atoms with Crippen molar-refractivity contribution in [2.75, 3.05) is 0 Å². The van der Waals surface area contributed by atoms with Crippen LogP contribution in [-0.4, -0.2) is 28.2 Å². The Kier molecular flexibility index (Phi) is 4.93. The lowest BCUT2D eigenvalue weighted by atomic mass is 10.1. The summed E-state index contributed by atoms with van der Waals surface area (Å²) in [5.41, 5.74) is 4.89. The number of nitrogens with zero attached hydrogens (tertiary/aromatic N) is 3. The second-order valence-electron chi connectivity index (χ2n) is 6.25. The maximum absolute atomic E-state index is 12.4. The standard InChI is InChI=1S/C22H18N4O2/c1-15(28-19-11-3-7-17-10-5-13-24-21(17)19)22(27)26-25-14-18-8-2-6-16-9-4-12-23-20(16)18/h2-15H,1H3,(H,26,27)/b25-14-/t15-/m1/s1. The average molecular weight is 370 g/mol. The number of hydrogen-bond donors (Lipinski definition) is 1. The molecule has 0 radical (unpaired) electrons. The summed E-state index contributed by atoms with van der Waals surface area (Å²) in [4.78, 5) is 21.0. The van der Waals surface area contributed by atoms with Crippen LogP contribution in [-0.2, 0) is 4.79 Å². The van der Waals surface area contributed by atoms with Gasteiger partial charge in [-0.1, -0.05) is 42.5 Å². The third-order valence-corrected chi connectivity index (χ3v) is 4.31. The predicted octanol–water partition coefficient (Wildman–Crippen LogP) is 3.70. The lowest BCUT2D eigenvalue weighted by Gasteiger charge is -2.14. The first kappa shape index (κ1) is 17.6. The Labute approximate surface area is 161 Å². The number of nitrogens with one attached hydrogen (secondary N) is 1. The highest BCUT2D eigenvalue weighted by atomic mass is 16.5. The minimum absolute atomic E-state index is 0.350. The molecule has 28 heavy (non-hydrogen) atoms. The van der Waals surface area contributed by atoms with Gasteiger partial charge in [-0.15, -0.1) is 0 Å². The van der Waals surface area contributed by atoms with Gasteiger partial charge < -0.3 is 4.74 Å². The van der Waals surface area contributed by atoms with Gasteiger partial charge in [0.1, 0.15) is 11.3 Å². The van der Waals surface area contributed by atoms with Crippen LogP contribution in [0.25, 0.3) is 21.8 Å². The van der Waals surface area contributed by atoms with Crippen molar-refractivity contribution in [1.82, 2.24) is 15.4 Å². The van der Waals surface area contributed by atoms with Crippen molar-refractivity contribution in [3.05, 3.63) is 78.6 Å². The van der Waals surface area contributed by atoms with Gasteiger partial charge in [-0.2, -0.15) is 5.10 Å². The first-order valence-corrected chi connectivity index (χ1v) is 8.89. The van der Waals surface area contributed by atoms with E-state index in [1.165, 1.54) is 0 Å². The van der Waals surface area contributed by atoms with E-state index >= 15 is 0 Å². The number of fused-ring (bicyclic) bond motifs is 2. The third-order valence-electron chi connectivity index (χ3n) is 4.31. The van der Waals surface area contributed by atoms with Crippen molar-refractivity contribution >= 4 is 33.9 Å². The zero-order valence-corrected chi connectivity index (χ0v) is 15.2. The molecule has 6 nitrogen and oxygen atoms in total. The molecule has 2 aromatic heterocycles. The number of hydrogen-bond acceptors (Lipinski definition) is 5. The van der Waals surface area contributed by atoms with Crippen molar-refractivity contribution in [1.29, 1.82) is 0 Å². The highest BCUT2D eigenvalue weighted by Gasteiger charge is 2.15. The van der Waals surface area contributed by atoms with E-state index in [4.69, 9.17) is 4.74 Å². The van der Waals surface area contributed by atoms with E-state index in [1.807, 2.05) is 54.6 Å². The van der Waals surface area contributed by atoms with Gasteiger partial charge in [0, 0.05) is 28.7 Å². The summed E-state index contributed by atoms with van der Waals surface area (Å²) in [6.07, 6.45) is 4.28. The Morgan fingerprint density at radius 3 is 2.39 bits per heavy atom. The second kappa shape index (κ2) is 7.84. The molecular formula is C22H18N4O2. The number of para-hydroxylation sites is 2. The predicted molar refractivity (Wildman–Crippen MR) is 109 cm³/mol. The molecule has 2 aromatic carbocycles. The Morgan fingerprint density at radius 2 is 1.61 bits per heavy atom. The van der Waals surface area contributed by atoms with Crippen LogP contribution in [0, 0.1) is 0 Å². The molecule has 1 N–H and O–H groups in total. The number of benzene rings is 2. The normalized spacial score (nSPS) is 12.3. The molecule has 0 unspecified atom stereocenters. The van der Waals surface area contributed by atoms with E-state index < -0.39 is 6.10 Å². The van der Waals surface area contributed by atoms with Crippen molar-refractivity contribution in [2.24, 2.45) is 5.10 Å². The molecule has 0 fully saturated rings. The van der Waals surface area contributed by atoms with E-state index in [0.717, 1.165) is 27.4 Å². The molecule has 138 valence electrons. The molecule has 4 aromatic rings. The minimum Gasteiger partial charge on any atom is -0.479 e. The van der Waals surface area contributed by atoms with E-state index in [9.17, 15) is 4.79 Å².